The Bertz CT molecular complexity index is 1780. The predicted octanol–water partition coefficient (Wildman–Crippen LogP) is 4.98. The first-order chi connectivity index (χ1) is 21.1. The molecule has 0 bridgehead atoms. The van der Waals surface area contributed by atoms with Gasteiger partial charge in [-0.25, -0.2) is 9.97 Å². The summed E-state index contributed by atoms with van der Waals surface area (Å²) in [6.45, 7) is 2.05. The molecule has 0 radical (unpaired) electrons. The number of carbonyl (C=O) groups is 2. The average Bonchev–Trinajstić information content (AvgIpc) is 3.27. The monoisotopic (exact) mass is 577 g/mol. The van der Waals surface area contributed by atoms with Crippen molar-refractivity contribution in [1.82, 2.24) is 19.9 Å². The fourth-order valence-electron chi connectivity index (χ4n) is 4.75. The first kappa shape index (κ1) is 27.7. The molecule has 0 amide bonds. The molecule has 11 heteroatoms. The second kappa shape index (κ2) is 12.6. The standard InChI is InChI=1S/C32H27N5O6/c38-26-17-20-7-4-5-10-25(20)36-28(26)27-29(39)23-12-11-22(18-24(23)30(27)40)43-32-35-19-34-31(37-32)33-13-6-14-41-15-16-42-21-8-2-1-3-9-21/h1-5,7-12,17-19,27,38H,6,13-16H2,(H,33,34,35,37). The van der Waals surface area contributed by atoms with Crippen LogP contribution in [-0.4, -0.2) is 63.0 Å². The molecule has 6 rings (SSSR count). The van der Waals surface area contributed by atoms with Crippen LogP contribution in [0.25, 0.3) is 10.9 Å². The molecule has 216 valence electrons. The number of anilines is 1. The molecule has 0 aliphatic heterocycles. The van der Waals surface area contributed by atoms with Gasteiger partial charge in [-0.2, -0.15) is 9.97 Å². The van der Waals surface area contributed by atoms with Gasteiger partial charge in [-0.1, -0.05) is 36.4 Å². The number of benzene rings is 3. The molecule has 3 aromatic carbocycles. The number of para-hydroxylation sites is 2. The van der Waals surface area contributed by atoms with Crippen LogP contribution in [0.3, 0.4) is 0 Å². The van der Waals surface area contributed by atoms with Gasteiger partial charge in [-0.05, 0) is 48.9 Å². The van der Waals surface area contributed by atoms with E-state index < -0.39 is 17.5 Å². The summed E-state index contributed by atoms with van der Waals surface area (Å²) in [4.78, 5) is 43.4. The Morgan fingerprint density at radius 2 is 1.60 bits per heavy atom. The topological polar surface area (TPSA) is 146 Å². The van der Waals surface area contributed by atoms with Crippen molar-refractivity contribution < 1.29 is 28.9 Å². The number of Topliss-reactive ketones (excluding diaryl/α,β-unsaturated/α-hetero) is 2. The van der Waals surface area contributed by atoms with Crippen LogP contribution < -0.4 is 14.8 Å². The van der Waals surface area contributed by atoms with Gasteiger partial charge in [0.2, 0.25) is 5.95 Å². The highest BCUT2D eigenvalue weighted by atomic mass is 16.5. The molecule has 0 saturated heterocycles. The van der Waals surface area contributed by atoms with Gasteiger partial charge in [0.25, 0.3) is 0 Å². The van der Waals surface area contributed by atoms with Gasteiger partial charge in [-0.15, -0.1) is 0 Å². The molecule has 1 aliphatic carbocycles. The Hall–Kier alpha value is -5.42. The number of carbonyl (C=O) groups excluding carboxylic acids is 2. The molecule has 0 fully saturated rings. The quantitative estimate of drug-likeness (QED) is 0.153. The van der Waals surface area contributed by atoms with Crippen molar-refractivity contribution in [2.45, 2.75) is 12.3 Å². The number of hydrogen-bond donors (Lipinski definition) is 2. The molecule has 2 N–H and O–H groups in total. The number of rotatable bonds is 12. The number of fused-ring (bicyclic) bond motifs is 2. The third kappa shape index (κ3) is 6.26. The van der Waals surface area contributed by atoms with Crippen LogP contribution in [0.1, 0.15) is 38.7 Å². The van der Waals surface area contributed by atoms with Gasteiger partial charge in [0.05, 0.1) is 12.1 Å². The molecule has 43 heavy (non-hydrogen) atoms. The molecule has 1 unspecified atom stereocenters. The fraction of sp³-hybridized carbons (Fsp3) is 0.188. The van der Waals surface area contributed by atoms with E-state index in [1.54, 1.807) is 24.3 Å². The highest BCUT2D eigenvalue weighted by Crippen LogP contribution is 2.39. The predicted molar refractivity (Wildman–Crippen MR) is 157 cm³/mol. The van der Waals surface area contributed by atoms with Gasteiger partial charge in [0.15, 0.2) is 11.6 Å². The zero-order valence-corrected chi connectivity index (χ0v) is 23.0. The first-order valence-corrected chi connectivity index (χ1v) is 13.7. The van der Waals surface area contributed by atoms with Crippen molar-refractivity contribution in [2.75, 3.05) is 31.7 Å². The van der Waals surface area contributed by atoms with Crippen molar-refractivity contribution in [3.63, 3.8) is 0 Å². The van der Waals surface area contributed by atoms with Crippen LogP contribution in [0.2, 0.25) is 0 Å². The Kier molecular flexibility index (Phi) is 8.14. The number of aromatic nitrogens is 4. The Morgan fingerprint density at radius 1 is 0.791 bits per heavy atom. The lowest BCUT2D eigenvalue weighted by Crippen LogP contribution is -2.14. The van der Waals surface area contributed by atoms with E-state index in [0.29, 0.717) is 43.2 Å². The van der Waals surface area contributed by atoms with Gasteiger partial charge in [0, 0.05) is 29.7 Å². The van der Waals surface area contributed by atoms with Crippen LogP contribution in [0, 0.1) is 0 Å². The van der Waals surface area contributed by atoms with Crippen LogP contribution in [0.4, 0.5) is 5.95 Å². The molecule has 1 aliphatic rings. The smallest absolute Gasteiger partial charge is 0.326 e. The van der Waals surface area contributed by atoms with Crippen molar-refractivity contribution in [2.24, 2.45) is 0 Å². The SMILES string of the molecule is O=C1c2ccc(Oc3ncnc(NCCCOCCOc4ccccc4)n3)cc2C(=O)C1c1nc2ccccc2cc1O. The van der Waals surface area contributed by atoms with Gasteiger partial charge in [-0.3, -0.25) is 9.59 Å². The number of aromatic hydroxyl groups is 1. The van der Waals surface area contributed by atoms with Gasteiger partial charge < -0.3 is 24.6 Å². The van der Waals surface area contributed by atoms with E-state index in [1.165, 1.54) is 24.5 Å². The largest absolute Gasteiger partial charge is 0.506 e. The molecule has 5 aromatic rings. The van der Waals surface area contributed by atoms with E-state index in [-0.39, 0.29) is 34.3 Å². The van der Waals surface area contributed by atoms with E-state index in [0.717, 1.165) is 12.2 Å². The minimum Gasteiger partial charge on any atom is -0.506 e. The summed E-state index contributed by atoms with van der Waals surface area (Å²) in [6.07, 6.45) is 2.03. The second-order valence-corrected chi connectivity index (χ2v) is 9.70. The van der Waals surface area contributed by atoms with Crippen molar-refractivity contribution in [1.29, 1.82) is 0 Å². The normalized spacial score (nSPS) is 14.1. The molecular formula is C32H27N5O6. The summed E-state index contributed by atoms with van der Waals surface area (Å²) >= 11 is 0. The van der Waals surface area contributed by atoms with Crippen LogP contribution >= 0.6 is 0 Å². The lowest BCUT2D eigenvalue weighted by molar-refractivity contribution is 0.0886. The minimum atomic E-state index is -1.23. The highest BCUT2D eigenvalue weighted by molar-refractivity contribution is 6.30. The first-order valence-electron chi connectivity index (χ1n) is 13.7. The highest BCUT2D eigenvalue weighted by Gasteiger charge is 2.42. The summed E-state index contributed by atoms with van der Waals surface area (Å²) < 4.78 is 17.0. The minimum absolute atomic E-state index is 0.0222. The number of ether oxygens (including phenoxy) is 3. The third-order valence-electron chi connectivity index (χ3n) is 6.80. The molecule has 2 aromatic heterocycles. The number of nitrogens with one attached hydrogen (secondary N) is 1. The van der Waals surface area contributed by atoms with Crippen molar-refractivity contribution in [3.05, 3.63) is 102 Å². The Morgan fingerprint density at radius 3 is 2.49 bits per heavy atom. The number of hydrogen-bond acceptors (Lipinski definition) is 11. The average molecular weight is 578 g/mol. The van der Waals surface area contributed by atoms with E-state index >= 15 is 0 Å². The van der Waals surface area contributed by atoms with Crippen molar-refractivity contribution >= 4 is 28.4 Å². The van der Waals surface area contributed by atoms with Gasteiger partial charge in [0.1, 0.15) is 41.8 Å². The summed E-state index contributed by atoms with van der Waals surface area (Å²) in [6, 6.07) is 22.8. The Balaban J connectivity index is 1.03. The van der Waals surface area contributed by atoms with Crippen molar-refractivity contribution in [3.8, 4) is 23.3 Å². The lowest BCUT2D eigenvalue weighted by atomic mass is 9.97. The molecule has 2 heterocycles. The number of pyridine rings is 1. The van der Waals surface area contributed by atoms with Crippen LogP contribution in [0.15, 0.2) is 85.2 Å². The number of nitrogens with zero attached hydrogens (tertiary/aromatic N) is 4. The van der Waals surface area contributed by atoms with E-state index in [2.05, 4.69) is 25.3 Å². The summed E-state index contributed by atoms with van der Waals surface area (Å²) in [5.41, 5.74) is 1.04. The van der Waals surface area contributed by atoms with E-state index in [9.17, 15) is 14.7 Å². The Labute approximate surface area is 246 Å². The molecule has 11 nitrogen and oxygen atoms in total. The third-order valence-corrected chi connectivity index (χ3v) is 6.80. The van der Waals surface area contributed by atoms with Crippen LogP contribution in [-0.2, 0) is 4.74 Å². The zero-order chi connectivity index (χ0) is 29.6. The molecule has 1 atom stereocenters. The summed E-state index contributed by atoms with van der Waals surface area (Å²) in [5, 5.41) is 14.4. The van der Waals surface area contributed by atoms with Gasteiger partial charge >= 0.3 is 6.01 Å². The van der Waals surface area contributed by atoms with E-state index in [1.807, 2.05) is 36.4 Å². The molecule has 0 spiro atoms. The maximum Gasteiger partial charge on any atom is 0.326 e. The molecular weight excluding hydrogens is 550 g/mol. The summed E-state index contributed by atoms with van der Waals surface area (Å²) in [5.74, 6) is -0.920. The second-order valence-electron chi connectivity index (χ2n) is 9.70. The molecule has 0 saturated carbocycles. The fourth-order valence-corrected chi connectivity index (χ4v) is 4.75. The zero-order valence-electron chi connectivity index (χ0n) is 23.0. The maximum absolute atomic E-state index is 13.4. The van der Waals surface area contributed by atoms with Crippen LogP contribution in [0.5, 0.6) is 23.3 Å². The van der Waals surface area contributed by atoms with E-state index in [4.69, 9.17) is 14.2 Å². The summed E-state index contributed by atoms with van der Waals surface area (Å²) in [7, 11) is 0. The number of ketones is 2. The lowest BCUT2D eigenvalue weighted by Gasteiger charge is -2.10. The maximum atomic E-state index is 13.4.